The molecule has 1 unspecified atom stereocenters. The predicted octanol–water partition coefficient (Wildman–Crippen LogP) is 2.61. The quantitative estimate of drug-likeness (QED) is 0.563. The Bertz CT molecular complexity index is 1300. The zero-order valence-corrected chi connectivity index (χ0v) is 19.8. The van der Waals surface area contributed by atoms with Crippen LogP contribution >= 0.6 is 0 Å². The molecule has 1 aliphatic rings. The van der Waals surface area contributed by atoms with Gasteiger partial charge in [-0.2, -0.15) is 0 Å². The standard InChI is InChI=1S/C26H31N5O3/c1-17(2)14-30(22(32)16-29-18(3)13-20-11-7-8-12-21(20)29)23-24(27)31(26(34)28-25(23)33)15-19-9-5-4-6-10-19/h4-12,17-18H,13-16,27H2,1-3H3,(H,28,33,34). The Morgan fingerprint density at radius 1 is 1.12 bits per heavy atom. The summed E-state index contributed by atoms with van der Waals surface area (Å²) in [5.74, 6) is -0.165. The zero-order chi connectivity index (χ0) is 24.4. The van der Waals surface area contributed by atoms with Crippen LogP contribution in [-0.4, -0.2) is 34.6 Å². The number of aromatic amines is 1. The highest BCUT2D eigenvalue weighted by Gasteiger charge is 2.31. The summed E-state index contributed by atoms with van der Waals surface area (Å²) in [4.78, 5) is 45.0. The minimum absolute atomic E-state index is 0.0125. The zero-order valence-electron chi connectivity index (χ0n) is 19.8. The molecule has 1 aliphatic heterocycles. The molecule has 0 saturated carbocycles. The normalized spacial score (nSPS) is 14.9. The highest BCUT2D eigenvalue weighted by Crippen LogP contribution is 2.32. The van der Waals surface area contributed by atoms with Crippen molar-refractivity contribution in [3.8, 4) is 0 Å². The summed E-state index contributed by atoms with van der Waals surface area (Å²) in [6, 6.07) is 17.6. The molecular formula is C26H31N5O3. The Hall–Kier alpha value is -3.81. The van der Waals surface area contributed by atoms with E-state index in [2.05, 4.69) is 22.9 Å². The number of fused-ring (bicyclic) bond motifs is 1. The van der Waals surface area contributed by atoms with E-state index in [-0.39, 0.29) is 42.5 Å². The van der Waals surface area contributed by atoms with Crippen LogP contribution in [0.5, 0.6) is 0 Å². The fourth-order valence-corrected chi connectivity index (χ4v) is 4.55. The number of rotatable bonds is 7. The second kappa shape index (κ2) is 9.59. The van der Waals surface area contributed by atoms with Gasteiger partial charge in [-0.25, -0.2) is 4.79 Å². The van der Waals surface area contributed by atoms with E-state index in [9.17, 15) is 14.4 Å². The molecule has 34 heavy (non-hydrogen) atoms. The van der Waals surface area contributed by atoms with Gasteiger partial charge in [0.1, 0.15) is 5.82 Å². The van der Waals surface area contributed by atoms with Crippen molar-refractivity contribution < 1.29 is 4.79 Å². The third kappa shape index (κ3) is 4.62. The number of carbonyl (C=O) groups is 1. The maximum atomic E-state index is 13.6. The van der Waals surface area contributed by atoms with E-state index in [1.165, 1.54) is 15.0 Å². The number of hydrogen-bond donors (Lipinski definition) is 2. The molecule has 1 amide bonds. The van der Waals surface area contributed by atoms with Crippen molar-refractivity contribution >= 4 is 23.1 Å². The maximum Gasteiger partial charge on any atom is 0.330 e. The maximum absolute atomic E-state index is 13.6. The number of nitrogens with zero attached hydrogens (tertiary/aromatic N) is 3. The molecule has 0 saturated heterocycles. The van der Waals surface area contributed by atoms with Gasteiger partial charge in [-0.15, -0.1) is 0 Å². The molecule has 8 heteroatoms. The van der Waals surface area contributed by atoms with Gasteiger partial charge < -0.3 is 15.5 Å². The minimum Gasteiger partial charge on any atom is -0.383 e. The van der Waals surface area contributed by atoms with Crippen molar-refractivity contribution in [3.63, 3.8) is 0 Å². The van der Waals surface area contributed by atoms with Crippen LogP contribution in [0.2, 0.25) is 0 Å². The first-order chi connectivity index (χ1) is 16.3. The van der Waals surface area contributed by atoms with Crippen LogP contribution in [0.1, 0.15) is 31.9 Å². The summed E-state index contributed by atoms with van der Waals surface area (Å²) in [7, 11) is 0. The second-order valence-corrected chi connectivity index (χ2v) is 9.27. The lowest BCUT2D eigenvalue weighted by molar-refractivity contribution is -0.117. The van der Waals surface area contributed by atoms with Crippen molar-refractivity contribution in [2.45, 2.75) is 39.8 Å². The lowest BCUT2D eigenvalue weighted by atomic mass is 10.1. The van der Waals surface area contributed by atoms with Crippen molar-refractivity contribution in [2.24, 2.45) is 5.92 Å². The van der Waals surface area contributed by atoms with Gasteiger partial charge in [0.25, 0.3) is 5.56 Å². The van der Waals surface area contributed by atoms with E-state index in [0.29, 0.717) is 6.54 Å². The van der Waals surface area contributed by atoms with Gasteiger partial charge in [-0.05, 0) is 36.5 Å². The van der Waals surface area contributed by atoms with E-state index < -0.39 is 11.2 Å². The summed E-state index contributed by atoms with van der Waals surface area (Å²) in [6.45, 7) is 6.63. The van der Waals surface area contributed by atoms with E-state index in [0.717, 1.165) is 17.7 Å². The van der Waals surface area contributed by atoms with Gasteiger partial charge in [-0.3, -0.25) is 19.1 Å². The Morgan fingerprint density at radius 3 is 2.50 bits per heavy atom. The number of benzene rings is 2. The molecule has 0 spiro atoms. The number of nitrogens with one attached hydrogen (secondary N) is 1. The molecule has 8 nitrogen and oxygen atoms in total. The third-order valence-corrected chi connectivity index (χ3v) is 6.17. The molecular weight excluding hydrogens is 430 g/mol. The predicted molar refractivity (Wildman–Crippen MR) is 135 cm³/mol. The number of nitrogen functional groups attached to an aromatic ring is 1. The van der Waals surface area contributed by atoms with Crippen LogP contribution in [0.4, 0.5) is 17.2 Å². The Kier molecular flexibility index (Phi) is 6.58. The molecule has 3 aromatic rings. The van der Waals surface area contributed by atoms with Gasteiger partial charge in [-0.1, -0.05) is 62.4 Å². The average molecular weight is 462 g/mol. The monoisotopic (exact) mass is 461 g/mol. The van der Waals surface area contributed by atoms with Crippen LogP contribution in [0.3, 0.4) is 0 Å². The number of amides is 1. The Balaban J connectivity index is 1.71. The van der Waals surface area contributed by atoms with Crippen LogP contribution < -0.4 is 26.8 Å². The molecule has 1 atom stereocenters. The van der Waals surface area contributed by atoms with Gasteiger partial charge in [0.15, 0.2) is 5.69 Å². The SMILES string of the molecule is CC(C)CN(C(=O)CN1c2ccccc2CC1C)c1c(N)n(Cc2ccccc2)c(=O)[nH]c1=O. The minimum atomic E-state index is -0.657. The van der Waals surface area contributed by atoms with Gasteiger partial charge in [0, 0.05) is 18.3 Å². The molecule has 0 bridgehead atoms. The number of aromatic nitrogens is 2. The Labute approximate surface area is 198 Å². The highest BCUT2D eigenvalue weighted by molar-refractivity contribution is 5.98. The summed E-state index contributed by atoms with van der Waals surface area (Å²) in [6.07, 6.45) is 0.859. The number of nitrogens with two attached hydrogens (primary N) is 1. The summed E-state index contributed by atoms with van der Waals surface area (Å²) >= 11 is 0. The lowest BCUT2D eigenvalue weighted by Gasteiger charge is -2.30. The molecule has 178 valence electrons. The molecule has 0 aliphatic carbocycles. The third-order valence-electron chi connectivity index (χ3n) is 6.17. The molecule has 4 rings (SSSR count). The summed E-state index contributed by atoms with van der Waals surface area (Å²) in [5, 5.41) is 0. The first-order valence-electron chi connectivity index (χ1n) is 11.6. The van der Waals surface area contributed by atoms with E-state index in [4.69, 9.17) is 5.73 Å². The second-order valence-electron chi connectivity index (χ2n) is 9.27. The smallest absolute Gasteiger partial charge is 0.330 e. The molecule has 2 aromatic carbocycles. The Morgan fingerprint density at radius 2 is 1.79 bits per heavy atom. The van der Waals surface area contributed by atoms with Crippen molar-refractivity contribution in [1.29, 1.82) is 0 Å². The lowest BCUT2D eigenvalue weighted by Crippen LogP contribution is -2.47. The molecule has 2 heterocycles. The van der Waals surface area contributed by atoms with E-state index in [1.807, 2.05) is 62.4 Å². The largest absolute Gasteiger partial charge is 0.383 e. The van der Waals surface area contributed by atoms with Gasteiger partial charge >= 0.3 is 5.69 Å². The first kappa shape index (κ1) is 23.4. The van der Waals surface area contributed by atoms with Crippen LogP contribution in [0.15, 0.2) is 64.2 Å². The fraction of sp³-hybridized carbons (Fsp3) is 0.346. The average Bonchev–Trinajstić information content (AvgIpc) is 3.11. The highest BCUT2D eigenvalue weighted by atomic mass is 16.2. The van der Waals surface area contributed by atoms with Crippen LogP contribution in [-0.2, 0) is 17.8 Å². The van der Waals surface area contributed by atoms with Crippen molar-refractivity contribution in [1.82, 2.24) is 9.55 Å². The van der Waals surface area contributed by atoms with Gasteiger partial charge in [0.2, 0.25) is 5.91 Å². The number of hydrogen-bond acceptors (Lipinski definition) is 5. The summed E-state index contributed by atoms with van der Waals surface area (Å²) in [5.41, 5.74) is 8.25. The fourth-order valence-electron chi connectivity index (χ4n) is 4.55. The van der Waals surface area contributed by atoms with E-state index >= 15 is 0 Å². The number of carbonyl (C=O) groups excluding carboxylic acids is 1. The molecule has 0 radical (unpaired) electrons. The van der Waals surface area contributed by atoms with E-state index in [1.54, 1.807) is 0 Å². The number of H-pyrrole nitrogens is 1. The topological polar surface area (TPSA) is 104 Å². The molecule has 0 fully saturated rings. The van der Waals surface area contributed by atoms with Crippen LogP contribution in [0, 0.1) is 5.92 Å². The van der Waals surface area contributed by atoms with Crippen molar-refractivity contribution in [2.75, 3.05) is 28.6 Å². The van der Waals surface area contributed by atoms with Crippen LogP contribution in [0.25, 0.3) is 0 Å². The molecule has 1 aromatic heterocycles. The summed E-state index contributed by atoms with van der Waals surface area (Å²) < 4.78 is 1.31. The van der Waals surface area contributed by atoms with Crippen molar-refractivity contribution in [3.05, 3.63) is 86.6 Å². The first-order valence-corrected chi connectivity index (χ1v) is 11.6. The number of para-hydroxylation sites is 1. The number of anilines is 3. The molecule has 3 N–H and O–H groups in total. The van der Waals surface area contributed by atoms with Gasteiger partial charge in [0.05, 0.1) is 13.1 Å².